The van der Waals surface area contributed by atoms with Crippen LogP contribution < -0.4 is 11.5 Å². The van der Waals surface area contributed by atoms with Crippen LogP contribution in [-0.4, -0.2) is 29.9 Å². The van der Waals surface area contributed by atoms with Crippen LogP contribution in [0.1, 0.15) is 25.5 Å². The maximum Gasteiger partial charge on any atom is 0.224 e. The van der Waals surface area contributed by atoms with Gasteiger partial charge in [0.25, 0.3) is 0 Å². The van der Waals surface area contributed by atoms with Crippen LogP contribution in [0.3, 0.4) is 0 Å². The van der Waals surface area contributed by atoms with E-state index in [0.717, 1.165) is 11.1 Å². The molecule has 0 amide bonds. The molecule has 2 aromatic heterocycles. The van der Waals surface area contributed by atoms with Gasteiger partial charge in [-0.15, -0.1) is 0 Å². The number of benzene rings is 1. The molecule has 0 atom stereocenters. The Labute approximate surface area is 145 Å². The molecule has 0 aliphatic heterocycles. The van der Waals surface area contributed by atoms with Crippen molar-refractivity contribution in [1.29, 1.82) is 0 Å². The molecule has 0 bridgehead atoms. The number of aromatic nitrogens is 6. The van der Waals surface area contributed by atoms with Gasteiger partial charge in [0.1, 0.15) is 5.82 Å². The third-order valence-corrected chi connectivity index (χ3v) is 3.43. The Kier molecular flexibility index (Phi) is 4.34. The van der Waals surface area contributed by atoms with E-state index in [2.05, 4.69) is 36.5 Å². The molecule has 2 heterocycles. The van der Waals surface area contributed by atoms with Gasteiger partial charge in [0.05, 0.1) is 0 Å². The van der Waals surface area contributed by atoms with Crippen molar-refractivity contribution < 1.29 is 0 Å². The van der Waals surface area contributed by atoms with E-state index in [9.17, 15) is 0 Å². The van der Waals surface area contributed by atoms with Crippen molar-refractivity contribution in [2.75, 3.05) is 11.5 Å². The SMILES string of the molecule is C=C(C)c1nc(N)nc(-c2cccc(-c3nc(N)nc(CC)n3)c2)n1. The molecule has 0 unspecified atom stereocenters. The second-order valence-corrected chi connectivity index (χ2v) is 5.49. The van der Waals surface area contributed by atoms with E-state index in [0.29, 0.717) is 35.3 Å². The highest BCUT2D eigenvalue weighted by Gasteiger charge is 2.11. The molecule has 0 aliphatic rings. The van der Waals surface area contributed by atoms with E-state index in [1.54, 1.807) is 0 Å². The number of aryl methyl sites for hydroxylation is 1. The Balaban J connectivity index is 2.09. The Hall–Kier alpha value is -3.42. The van der Waals surface area contributed by atoms with Crippen LogP contribution in [-0.2, 0) is 6.42 Å². The van der Waals surface area contributed by atoms with E-state index < -0.39 is 0 Å². The van der Waals surface area contributed by atoms with Gasteiger partial charge in [-0.3, -0.25) is 0 Å². The lowest BCUT2D eigenvalue weighted by Gasteiger charge is -2.07. The monoisotopic (exact) mass is 334 g/mol. The summed E-state index contributed by atoms with van der Waals surface area (Å²) in [6.07, 6.45) is 0.672. The van der Waals surface area contributed by atoms with Crippen LogP contribution in [0.4, 0.5) is 11.9 Å². The summed E-state index contributed by atoms with van der Waals surface area (Å²) < 4.78 is 0. The molecule has 4 N–H and O–H groups in total. The molecule has 8 heteroatoms. The summed E-state index contributed by atoms with van der Waals surface area (Å²) >= 11 is 0. The van der Waals surface area contributed by atoms with E-state index in [1.165, 1.54) is 0 Å². The second-order valence-electron chi connectivity index (χ2n) is 5.49. The summed E-state index contributed by atoms with van der Waals surface area (Å²) in [5, 5.41) is 0. The normalized spacial score (nSPS) is 10.6. The fourth-order valence-electron chi connectivity index (χ4n) is 2.23. The third-order valence-electron chi connectivity index (χ3n) is 3.43. The van der Waals surface area contributed by atoms with Crippen molar-refractivity contribution in [1.82, 2.24) is 29.9 Å². The molecule has 8 nitrogen and oxygen atoms in total. The predicted molar refractivity (Wildman–Crippen MR) is 97.0 cm³/mol. The second kappa shape index (κ2) is 6.60. The largest absolute Gasteiger partial charge is 0.368 e. The van der Waals surface area contributed by atoms with Gasteiger partial charge in [-0.05, 0) is 18.6 Å². The lowest BCUT2D eigenvalue weighted by atomic mass is 10.1. The van der Waals surface area contributed by atoms with Gasteiger partial charge in [0, 0.05) is 17.5 Å². The number of rotatable bonds is 4. The van der Waals surface area contributed by atoms with E-state index in [4.69, 9.17) is 11.5 Å². The predicted octanol–water partition coefficient (Wildman–Crippen LogP) is 2.15. The van der Waals surface area contributed by atoms with Gasteiger partial charge in [-0.1, -0.05) is 31.7 Å². The van der Waals surface area contributed by atoms with Crippen molar-refractivity contribution >= 4 is 17.5 Å². The smallest absolute Gasteiger partial charge is 0.224 e. The molecule has 3 aromatic rings. The first-order valence-electron chi connectivity index (χ1n) is 7.75. The van der Waals surface area contributed by atoms with Gasteiger partial charge in [-0.2, -0.15) is 19.9 Å². The Bertz CT molecular complexity index is 951. The average Bonchev–Trinajstić information content (AvgIpc) is 2.60. The van der Waals surface area contributed by atoms with Gasteiger partial charge >= 0.3 is 0 Å². The van der Waals surface area contributed by atoms with Gasteiger partial charge in [0.15, 0.2) is 17.5 Å². The summed E-state index contributed by atoms with van der Waals surface area (Å²) in [6.45, 7) is 7.62. The highest BCUT2D eigenvalue weighted by molar-refractivity contribution is 5.68. The van der Waals surface area contributed by atoms with Crippen molar-refractivity contribution in [2.24, 2.45) is 0 Å². The minimum absolute atomic E-state index is 0.145. The van der Waals surface area contributed by atoms with E-state index >= 15 is 0 Å². The molecule has 0 aliphatic carbocycles. The van der Waals surface area contributed by atoms with Crippen LogP contribution in [0.5, 0.6) is 0 Å². The topological polar surface area (TPSA) is 129 Å². The maximum atomic E-state index is 5.79. The summed E-state index contributed by atoms with van der Waals surface area (Å²) in [5.41, 5.74) is 13.8. The Morgan fingerprint density at radius 1 is 0.920 bits per heavy atom. The number of nitrogens with two attached hydrogens (primary N) is 2. The zero-order chi connectivity index (χ0) is 18.0. The number of nitrogen functional groups attached to an aromatic ring is 2. The molecule has 1 aromatic carbocycles. The third kappa shape index (κ3) is 3.57. The first-order valence-corrected chi connectivity index (χ1v) is 7.75. The van der Waals surface area contributed by atoms with Crippen molar-refractivity contribution in [3.05, 3.63) is 42.5 Å². The quantitative estimate of drug-likeness (QED) is 0.742. The fraction of sp³-hybridized carbons (Fsp3) is 0.176. The van der Waals surface area contributed by atoms with Gasteiger partial charge < -0.3 is 11.5 Å². The molecule has 0 saturated carbocycles. The Morgan fingerprint density at radius 2 is 1.52 bits per heavy atom. The molecule has 25 heavy (non-hydrogen) atoms. The molecule has 0 fully saturated rings. The summed E-state index contributed by atoms with van der Waals surface area (Å²) in [5.74, 6) is 2.42. The van der Waals surface area contributed by atoms with Crippen molar-refractivity contribution in [2.45, 2.75) is 20.3 Å². The molecule has 126 valence electrons. The molecule has 0 spiro atoms. The van der Waals surface area contributed by atoms with Crippen molar-refractivity contribution in [3.8, 4) is 22.8 Å². The zero-order valence-electron chi connectivity index (χ0n) is 14.1. The first-order chi connectivity index (χ1) is 12.0. The molecular formula is C17H18N8. The number of nitrogens with zero attached hydrogens (tertiary/aromatic N) is 6. The van der Waals surface area contributed by atoms with Gasteiger partial charge in [0.2, 0.25) is 11.9 Å². The number of anilines is 2. The summed E-state index contributed by atoms with van der Waals surface area (Å²) in [6, 6.07) is 7.52. The van der Waals surface area contributed by atoms with Crippen LogP contribution in [0.15, 0.2) is 30.8 Å². The minimum atomic E-state index is 0.145. The lowest BCUT2D eigenvalue weighted by molar-refractivity contribution is 0.913. The van der Waals surface area contributed by atoms with Crippen LogP contribution in [0.2, 0.25) is 0 Å². The summed E-state index contributed by atoms with van der Waals surface area (Å²) in [4.78, 5) is 25.4. The molecule has 0 radical (unpaired) electrons. The molecule has 0 saturated heterocycles. The number of allylic oxidation sites excluding steroid dienone is 1. The highest BCUT2D eigenvalue weighted by Crippen LogP contribution is 2.23. The zero-order valence-corrected chi connectivity index (χ0v) is 14.1. The van der Waals surface area contributed by atoms with Crippen molar-refractivity contribution in [3.63, 3.8) is 0 Å². The van der Waals surface area contributed by atoms with Crippen LogP contribution >= 0.6 is 0 Å². The average molecular weight is 334 g/mol. The molecule has 3 rings (SSSR count). The van der Waals surface area contributed by atoms with Gasteiger partial charge in [-0.25, -0.2) is 9.97 Å². The van der Waals surface area contributed by atoms with Crippen LogP contribution in [0, 0.1) is 0 Å². The minimum Gasteiger partial charge on any atom is -0.368 e. The lowest BCUT2D eigenvalue weighted by Crippen LogP contribution is -2.05. The number of hydrogen-bond donors (Lipinski definition) is 2. The molecular weight excluding hydrogens is 316 g/mol. The summed E-state index contributed by atoms with van der Waals surface area (Å²) in [7, 11) is 0. The standard InChI is InChI=1S/C17H18N8/c1-4-12-20-14(24-16(18)21-12)10-6-5-7-11(8-10)15-22-13(9(2)3)23-17(19)25-15/h5-8H,2,4H2,1,3H3,(H2,18,20,21,24)(H2,19,22,23,25). The van der Waals surface area contributed by atoms with Crippen LogP contribution in [0.25, 0.3) is 28.3 Å². The fourth-order valence-corrected chi connectivity index (χ4v) is 2.23. The maximum absolute atomic E-state index is 5.79. The highest BCUT2D eigenvalue weighted by atomic mass is 15.1. The Morgan fingerprint density at radius 3 is 2.12 bits per heavy atom. The van der Waals surface area contributed by atoms with E-state index in [1.807, 2.05) is 38.1 Å². The first kappa shape index (κ1) is 16.4. The number of hydrogen-bond acceptors (Lipinski definition) is 8. The van der Waals surface area contributed by atoms with E-state index in [-0.39, 0.29) is 11.9 Å².